The van der Waals surface area contributed by atoms with Gasteiger partial charge in [0.1, 0.15) is 35.4 Å². The van der Waals surface area contributed by atoms with Crippen LogP contribution in [0.15, 0.2) is 48.5 Å². The van der Waals surface area contributed by atoms with E-state index in [4.69, 9.17) is 21.0 Å². The van der Waals surface area contributed by atoms with Gasteiger partial charge in [-0.15, -0.1) is 0 Å². The van der Waals surface area contributed by atoms with E-state index in [2.05, 4.69) is 0 Å². The summed E-state index contributed by atoms with van der Waals surface area (Å²) in [7, 11) is 0. The largest absolute Gasteiger partial charge is 0.192 e. The lowest BCUT2D eigenvalue weighted by Crippen LogP contribution is -2.03. The SMILES string of the molecule is N#CC(C#N)=c1ccc(=c2ccc(=C(C#N)C#N)cc2)cc1. The molecular formula is C18H8N4. The minimum Gasteiger partial charge on any atom is -0.192 e. The fraction of sp³-hybridized carbons (Fsp3) is 0. The molecule has 0 amide bonds. The minimum absolute atomic E-state index is 0.0733. The number of nitriles is 4. The second-order valence-electron chi connectivity index (χ2n) is 4.35. The number of hydrogen-bond acceptors (Lipinski definition) is 4. The fourth-order valence-corrected chi connectivity index (χ4v) is 1.97. The normalized spacial score (nSPS) is 8.73. The van der Waals surface area contributed by atoms with Crippen LogP contribution in [0.3, 0.4) is 0 Å². The molecule has 0 aromatic heterocycles. The van der Waals surface area contributed by atoms with Crippen LogP contribution in [0.2, 0.25) is 0 Å². The van der Waals surface area contributed by atoms with Crippen molar-refractivity contribution in [1.29, 1.82) is 21.0 Å². The van der Waals surface area contributed by atoms with Gasteiger partial charge >= 0.3 is 0 Å². The highest BCUT2D eigenvalue weighted by atomic mass is 14.3. The second-order valence-corrected chi connectivity index (χ2v) is 4.35. The molecule has 0 N–H and O–H groups in total. The summed E-state index contributed by atoms with van der Waals surface area (Å²) in [5.41, 5.74) is 0.147. The monoisotopic (exact) mass is 280 g/mol. The molecule has 0 heterocycles. The van der Waals surface area contributed by atoms with E-state index in [1.165, 1.54) is 0 Å². The maximum absolute atomic E-state index is 8.83. The molecule has 4 nitrogen and oxygen atoms in total. The van der Waals surface area contributed by atoms with Gasteiger partial charge in [0.05, 0.1) is 0 Å². The molecule has 0 spiro atoms. The maximum atomic E-state index is 8.83. The zero-order chi connectivity index (χ0) is 15.9. The van der Waals surface area contributed by atoms with Crippen LogP contribution in [0.4, 0.5) is 0 Å². The zero-order valence-electron chi connectivity index (χ0n) is 11.4. The first-order valence-electron chi connectivity index (χ1n) is 6.29. The average molecular weight is 280 g/mol. The van der Waals surface area contributed by atoms with E-state index in [0.717, 1.165) is 10.4 Å². The van der Waals surface area contributed by atoms with Crippen molar-refractivity contribution < 1.29 is 0 Å². The Morgan fingerprint density at radius 3 is 1.00 bits per heavy atom. The molecule has 0 radical (unpaired) electrons. The van der Waals surface area contributed by atoms with Crippen LogP contribution in [-0.4, -0.2) is 0 Å². The van der Waals surface area contributed by atoms with Crippen molar-refractivity contribution in [2.45, 2.75) is 0 Å². The van der Waals surface area contributed by atoms with E-state index in [-0.39, 0.29) is 11.1 Å². The van der Waals surface area contributed by atoms with Crippen LogP contribution in [0.5, 0.6) is 0 Å². The van der Waals surface area contributed by atoms with E-state index < -0.39 is 0 Å². The zero-order valence-corrected chi connectivity index (χ0v) is 11.4. The average Bonchev–Trinajstić information content (AvgIpc) is 2.58. The van der Waals surface area contributed by atoms with E-state index in [1.54, 1.807) is 24.3 Å². The summed E-state index contributed by atoms with van der Waals surface area (Å²) < 4.78 is 0. The standard InChI is InChI=1S/C18H8N4/c19-9-17(10-20)15-5-1-13(2-6-15)14-3-7-16(8-4-14)18(11-21)12-22/h1-8H. The first-order valence-corrected chi connectivity index (χ1v) is 6.29. The first-order chi connectivity index (χ1) is 10.7. The molecule has 0 aliphatic carbocycles. The van der Waals surface area contributed by atoms with E-state index in [9.17, 15) is 0 Å². The Morgan fingerprint density at radius 1 is 0.500 bits per heavy atom. The lowest BCUT2D eigenvalue weighted by Gasteiger charge is -1.91. The predicted octanol–water partition coefficient (Wildman–Crippen LogP) is 1.37. The van der Waals surface area contributed by atoms with Crippen LogP contribution in [0.1, 0.15) is 0 Å². The maximum Gasteiger partial charge on any atom is 0.136 e. The van der Waals surface area contributed by atoms with Crippen LogP contribution >= 0.6 is 0 Å². The molecule has 4 heteroatoms. The summed E-state index contributed by atoms with van der Waals surface area (Å²) in [6.45, 7) is 0. The lowest BCUT2D eigenvalue weighted by atomic mass is 10.1. The van der Waals surface area contributed by atoms with Crippen molar-refractivity contribution in [2.24, 2.45) is 0 Å². The summed E-state index contributed by atoms with van der Waals surface area (Å²) in [5.74, 6) is 0. The molecule has 0 saturated heterocycles. The Balaban J connectivity index is 2.70. The Hall–Kier alpha value is -3.86. The number of benzene rings is 2. The van der Waals surface area contributed by atoms with Crippen LogP contribution in [0.25, 0.3) is 11.1 Å². The third kappa shape index (κ3) is 2.83. The molecule has 2 rings (SSSR count). The summed E-state index contributed by atoms with van der Waals surface area (Å²) in [5, 5.41) is 38.3. The molecule has 0 saturated carbocycles. The van der Waals surface area contributed by atoms with Crippen molar-refractivity contribution >= 4 is 11.1 Å². The summed E-state index contributed by atoms with van der Waals surface area (Å²) >= 11 is 0. The Kier molecular flexibility index (Phi) is 4.32. The molecular weight excluding hydrogens is 272 g/mol. The lowest BCUT2D eigenvalue weighted by molar-refractivity contribution is 1.43. The molecule has 2 aromatic rings. The Labute approximate surface area is 126 Å². The summed E-state index contributed by atoms with van der Waals surface area (Å²) in [4.78, 5) is 0. The van der Waals surface area contributed by atoms with Crippen molar-refractivity contribution in [3.8, 4) is 24.3 Å². The van der Waals surface area contributed by atoms with Crippen molar-refractivity contribution in [2.75, 3.05) is 0 Å². The highest BCUT2D eigenvalue weighted by molar-refractivity contribution is 5.72. The van der Waals surface area contributed by atoms with Gasteiger partial charge < -0.3 is 0 Å². The summed E-state index contributed by atoms with van der Waals surface area (Å²) in [6.07, 6.45) is 0. The third-order valence-electron chi connectivity index (χ3n) is 3.13. The topological polar surface area (TPSA) is 95.2 Å². The quantitative estimate of drug-likeness (QED) is 0.728. The highest BCUT2D eigenvalue weighted by Gasteiger charge is 1.94. The number of nitrogens with zero attached hydrogens (tertiary/aromatic N) is 4. The third-order valence-corrected chi connectivity index (χ3v) is 3.13. The minimum atomic E-state index is 0.0733. The van der Waals surface area contributed by atoms with Crippen molar-refractivity contribution in [3.05, 3.63) is 69.4 Å². The van der Waals surface area contributed by atoms with E-state index in [1.807, 2.05) is 48.5 Å². The smallest absolute Gasteiger partial charge is 0.136 e. The van der Waals surface area contributed by atoms with E-state index in [0.29, 0.717) is 10.4 Å². The molecule has 0 atom stereocenters. The van der Waals surface area contributed by atoms with Crippen molar-refractivity contribution in [1.82, 2.24) is 0 Å². The van der Waals surface area contributed by atoms with Gasteiger partial charge in [0.15, 0.2) is 0 Å². The van der Waals surface area contributed by atoms with Crippen molar-refractivity contribution in [3.63, 3.8) is 0 Å². The number of rotatable bonds is 0. The Morgan fingerprint density at radius 2 is 0.773 bits per heavy atom. The van der Waals surface area contributed by atoms with Gasteiger partial charge in [-0.05, 0) is 10.4 Å². The molecule has 22 heavy (non-hydrogen) atoms. The van der Waals surface area contributed by atoms with Crippen LogP contribution < -0.4 is 10.4 Å². The van der Waals surface area contributed by atoms with Gasteiger partial charge in [0.2, 0.25) is 0 Å². The van der Waals surface area contributed by atoms with Gasteiger partial charge in [-0.3, -0.25) is 0 Å². The van der Waals surface area contributed by atoms with E-state index >= 15 is 0 Å². The molecule has 0 bridgehead atoms. The number of hydrogen-bond donors (Lipinski definition) is 0. The molecule has 0 aliphatic heterocycles. The molecule has 2 aromatic carbocycles. The van der Waals surface area contributed by atoms with Crippen LogP contribution in [0, 0.1) is 55.8 Å². The van der Waals surface area contributed by atoms with Gasteiger partial charge in [0.25, 0.3) is 0 Å². The highest BCUT2D eigenvalue weighted by Crippen LogP contribution is 1.96. The predicted molar refractivity (Wildman–Crippen MR) is 79.1 cm³/mol. The molecule has 100 valence electrons. The summed E-state index contributed by atoms with van der Waals surface area (Å²) in [6, 6.07) is 21.5. The fourth-order valence-electron chi connectivity index (χ4n) is 1.97. The van der Waals surface area contributed by atoms with Gasteiger partial charge in [0, 0.05) is 10.4 Å². The Bertz CT molecular complexity index is 944. The van der Waals surface area contributed by atoms with Gasteiger partial charge in [-0.25, -0.2) is 0 Å². The van der Waals surface area contributed by atoms with Gasteiger partial charge in [-0.1, -0.05) is 48.5 Å². The molecule has 0 unspecified atom stereocenters. The second kappa shape index (κ2) is 6.53. The molecule has 0 aliphatic rings. The molecule has 0 fully saturated rings. The van der Waals surface area contributed by atoms with Crippen LogP contribution in [-0.2, 0) is 0 Å². The van der Waals surface area contributed by atoms with Gasteiger partial charge in [-0.2, -0.15) is 21.0 Å². The first kappa shape index (κ1) is 14.5.